The highest BCUT2D eigenvalue weighted by Gasteiger charge is 2.60. The maximum Gasteiger partial charge on any atom is 0.472 e. The monoisotopic (exact) mass is 1760 g/mol. The Hall–Kier alpha value is -2.79. The molecule has 25 nitrogen and oxygen atoms in total. The molecule has 20 atom stereocenters. The summed E-state index contributed by atoms with van der Waals surface area (Å²) >= 11 is 0. The summed E-state index contributed by atoms with van der Waals surface area (Å²) in [5, 5.41) is 103. The van der Waals surface area contributed by atoms with Gasteiger partial charge in [-0.05, 0) is 63.2 Å². The molecule has 3 rings (SSSR count). The SMILES string of the molecule is CCCCCC/C=C\CCCCCCCCCC(=O)OCC1OC(OC2C(OC(=O)CCCCCCCCC(C)CCCCCCCC)C(O)C(O)C(OC3OC(CO)C(O)C(O)C3O)C2OP(=O)(O)OCC(COC(=O)CCCCCCCCCCCCCCCCCC)OC(=O)CCCCCCCCC(C)CCCCCCCC)C(O)C(O)C1O. The Kier molecular flexibility index (Phi) is 67.8. The average Bonchev–Trinajstić information content (AvgIpc) is 0.753. The molecule has 2 saturated heterocycles. The van der Waals surface area contributed by atoms with Crippen LogP contribution >= 0.6 is 7.82 Å². The van der Waals surface area contributed by atoms with Crippen molar-refractivity contribution >= 4 is 31.7 Å². The van der Waals surface area contributed by atoms with Crippen molar-refractivity contribution in [1.82, 2.24) is 0 Å². The van der Waals surface area contributed by atoms with E-state index in [-0.39, 0.29) is 25.7 Å². The number of rotatable bonds is 80. The highest BCUT2D eigenvalue weighted by molar-refractivity contribution is 7.47. The van der Waals surface area contributed by atoms with Crippen LogP contribution in [0.5, 0.6) is 0 Å². The maximum atomic E-state index is 15.0. The fourth-order valence-electron chi connectivity index (χ4n) is 16.7. The zero-order valence-electron chi connectivity index (χ0n) is 77.1. The Balaban J connectivity index is 1.92. The Morgan fingerprint density at radius 1 is 0.344 bits per heavy atom. The van der Waals surface area contributed by atoms with E-state index in [1.54, 1.807) is 0 Å². The van der Waals surface area contributed by atoms with Crippen molar-refractivity contribution in [2.24, 2.45) is 11.8 Å². The summed E-state index contributed by atoms with van der Waals surface area (Å²) in [5.74, 6) is -1.66. The van der Waals surface area contributed by atoms with Gasteiger partial charge in [0.1, 0.15) is 92.6 Å². The van der Waals surface area contributed by atoms with Gasteiger partial charge in [0.25, 0.3) is 0 Å². The van der Waals surface area contributed by atoms with Gasteiger partial charge in [-0.1, -0.05) is 368 Å². The zero-order valence-corrected chi connectivity index (χ0v) is 78.0. The summed E-state index contributed by atoms with van der Waals surface area (Å²) in [7, 11) is -5.81. The third-order valence-corrected chi connectivity index (χ3v) is 25.8. The second kappa shape index (κ2) is 72.9. The third-order valence-electron chi connectivity index (χ3n) is 24.8. The van der Waals surface area contributed by atoms with Gasteiger partial charge in [-0.2, -0.15) is 0 Å². The number of carbonyl (C=O) groups is 4. The van der Waals surface area contributed by atoms with Gasteiger partial charge >= 0.3 is 31.7 Å². The molecule has 3 aliphatic rings. The summed E-state index contributed by atoms with van der Waals surface area (Å²) in [6, 6.07) is 0. The molecular weight excluding hydrogens is 1580 g/mol. The van der Waals surface area contributed by atoms with E-state index >= 15 is 0 Å². The van der Waals surface area contributed by atoms with Gasteiger partial charge < -0.3 is 88.7 Å². The fraction of sp³-hybridized carbons (Fsp3) is 0.938. The van der Waals surface area contributed by atoms with Crippen molar-refractivity contribution in [3.8, 4) is 0 Å². The van der Waals surface area contributed by atoms with Gasteiger partial charge in [-0.25, -0.2) is 4.57 Å². The molecule has 2 aliphatic heterocycles. The van der Waals surface area contributed by atoms with Gasteiger partial charge in [-0.3, -0.25) is 28.2 Å². The Morgan fingerprint density at radius 3 is 1.07 bits per heavy atom. The molecule has 10 N–H and O–H groups in total. The molecule has 718 valence electrons. The Bertz CT molecular complexity index is 2610. The first-order valence-corrected chi connectivity index (χ1v) is 51.2. The van der Waals surface area contributed by atoms with Crippen LogP contribution in [-0.2, 0) is 70.7 Å². The molecule has 1 aliphatic carbocycles. The van der Waals surface area contributed by atoms with Crippen molar-refractivity contribution in [2.45, 2.75) is 537 Å². The minimum absolute atomic E-state index is 0.0102. The number of hydrogen-bond acceptors (Lipinski definition) is 24. The van der Waals surface area contributed by atoms with Crippen molar-refractivity contribution < 1.29 is 122 Å². The number of carbonyl (C=O) groups excluding carboxylic acids is 4. The van der Waals surface area contributed by atoms with Crippen LogP contribution in [0.15, 0.2) is 12.2 Å². The molecule has 1 saturated carbocycles. The largest absolute Gasteiger partial charge is 0.472 e. The van der Waals surface area contributed by atoms with Gasteiger partial charge in [0.2, 0.25) is 0 Å². The third kappa shape index (κ3) is 52.8. The lowest BCUT2D eigenvalue weighted by Gasteiger charge is -2.50. The normalized spacial score (nSPS) is 25.0. The average molecular weight is 1760 g/mol. The number of unbranched alkanes of at least 4 members (excludes halogenated alkanes) is 46. The van der Waals surface area contributed by atoms with Gasteiger partial charge in [0.15, 0.2) is 24.8 Å². The molecule has 0 aromatic heterocycles. The fourth-order valence-corrected chi connectivity index (χ4v) is 17.7. The number of hydrogen-bond donors (Lipinski definition) is 10. The number of aliphatic hydroxyl groups is 9. The zero-order chi connectivity index (χ0) is 89.2. The molecule has 0 spiro atoms. The number of phosphoric acid groups is 1. The predicted octanol–water partition coefficient (Wildman–Crippen LogP) is 19.2. The van der Waals surface area contributed by atoms with Gasteiger partial charge in [0, 0.05) is 25.7 Å². The predicted molar refractivity (Wildman–Crippen MR) is 476 cm³/mol. The van der Waals surface area contributed by atoms with Crippen molar-refractivity contribution in [2.75, 3.05) is 26.4 Å². The molecule has 20 unspecified atom stereocenters. The molecule has 0 aromatic rings. The number of phosphoric ester groups is 1. The topological polar surface area (TPSA) is 380 Å². The first-order valence-electron chi connectivity index (χ1n) is 49.7. The summed E-state index contributed by atoms with van der Waals surface area (Å²) in [6.07, 6.45) is 30.4. The molecule has 26 heteroatoms. The summed E-state index contributed by atoms with van der Waals surface area (Å²) in [5.41, 5.74) is 0. The molecule has 0 radical (unpaired) electrons. The summed E-state index contributed by atoms with van der Waals surface area (Å²) in [4.78, 5) is 66.7. The van der Waals surface area contributed by atoms with Gasteiger partial charge in [0.05, 0.1) is 13.2 Å². The van der Waals surface area contributed by atoms with Crippen molar-refractivity contribution in [1.29, 1.82) is 0 Å². The van der Waals surface area contributed by atoms with E-state index in [0.29, 0.717) is 43.9 Å². The van der Waals surface area contributed by atoms with Crippen molar-refractivity contribution in [3.63, 3.8) is 0 Å². The first-order chi connectivity index (χ1) is 59.0. The van der Waals surface area contributed by atoms with Crippen LogP contribution in [0.25, 0.3) is 0 Å². The van der Waals surface area contributed by atoms with E-state index in [1.807, 2.05) is 0 Å². The van der Waals surface area contributed by atoms with Crippen LogP contribution in [0.1, 0.15) is 433 Å². The number of allylic oxidation sites excluding steroid dienone is 2. The number of ether oxygens (including phenoxy) is 8. The molecule has 122 heavy (non-hydrogen) atoms. The minimum Gasteiger partial charge on any atom is -0.463 e. The first kappa shape index (κ1) is 113. The van der Waals surface area contributed by atoms with E-state index < -0.39 is 162 Å². The molecule has 2 heterocycles. The van der Waals surface area contributed by atoms with Gasteiger partial charge in [-0.15, -0.1) is 0 Å². The summed E-state index contributed by atoms with van der Waals surface area (Å²) < 4.78 is 73.7. The molecule has 0 bridgehead atoms. The lowest BCUT2D eigenvalue weighted by atomic mass is 9.84. The maximum absolute atomic E-state index is 15.0. The Morgan fingerprint density at radius 2 is 0.664 bits per heavy atom. The molecular formula is C96H179O25P. The highest BCUT2D eigenvalue weighted by atomic mass is 31.2. The Labute approximate surface area is 737 Å². The lowest BCUT2D eigenvalue weighted by molar-refractivity contribution is -0.360. The van der Waals surface area contributed by atoms with Crippen LogP contribution in [0.3, 0.4) is 0 Å². The standard InChI is InChI=1S/C96H179O25P/c1-7-11-15-19-23-25-27-29-31-33-35-36-38-40-50-58-66-79(98)112-71-76(115-81(100)68-60-52-44-42-48-56-64-74(5)62-54-46-21-17-13-9-3)72-114-122(110,111)121-94-92(119-95-89(108)85(104)83(102)77(70-97)116-95)88(107)87(106)91(118-82(101)69-61-53-45-43-49-57-65-75(6)63-55-47-22-18-14-10-4)93(94)120-96-90(109)86(105)84(103)78(117-96)73-113-80(99)67-59-51-41-39-37-34-32-30-28-26-24-20-16-12-8-2/h26,28,74-78,83-97,102-109H,7-25,27,29-73H2,1-6H3,(H,110,111)/b28-26-. The van der Waals surface area contributed by atoms with Crippen LogP contribution < -0.4 is 0 Å². The number of esters is 4. The van der Waals surface area contributed by atoms with Crippen LogP contribution in [0.4, 0.5) is 0 Å². The summed E-state index contributed by atoms with van der Waals surface area (Å²) in [6.45, 7) is 10.3. The van der Waals surface area contributed by atoms with E-state index in [1.165, 1.54) is 186 Å². The second-order valence-corrected chi connectivity index (χ2v) is 37.6. The number of aliphatic hydroxyl groups excluding tert-OH is 9. The van der Waals surface area contributed by atoms with Crippen LogP contribution in [-0.4, -0.2) is 205 Å². The van der Waals surface area contributed by atoms with E-state index in [4.69, 9.17) is 46.9 Å². The highest BCUT2D eigenvalue weighted by Crippen LogP contribution is 2.49. The van der Waals surface area contributed by atoms with E-state index in [9.17, 15) is 74.6 Å². The van der Waals surface area contributed by atoms with Crippen LogP contribution in [0.2, 0.25) is 0 Å². The lowest BCUT2D eigenvalue weighted by Crippen LogP contribution is -2.70. The second-order valence-electron chi connectivity index (χ2n) is 36.2. The quantitative estimate of drug-likeness (QED) is 0.00889. The van der Waals surface area contributed by atoms with Crippen molar-refractivity contribution in [3.05, 3.63) is 12.2 Å². The molecule has 0 amide bonds. The van der Waals surface area contributed by atoms with E-state index in [0.717, 1.165) is 148 Å². The van der Waals surface area contributed by atoms with E-state index in [2.05, 4.69) is 53.7 Å². The van der Waals surface area contributed by atoms with Crippen LogP contribution in [0, 0.1) is 11.8 Å². The minimum atomic E-state index is -5.81. The molecule has 3 fully saturated rings. The smallest absolute Gasteiger partial charge is 0.463 e. The molecule has 0 aromatic carbocycles.